The smallest absolute Gasteiger partial charge is 0.337 e. The van der Waals surface area contributed by atoms with Crippen LogP contribution in [0.3, 0.4) is 0 Å². The molecule has 0 spiro atoms. The van der Waals surface area contributed by atoms with Crippen LogP contribution >= 0.6 is 46.6 Å². The van der Waals surface area contributed by atoms with Crippen LogP contribution in [0.4, 0.5) is 5.69 Å². The van der Waals surface area contributed by atoms with Gasteiger partial charge in [0.25, 0.3) is 11.8 Å². The average Bonchev–Trinajstić information content (AvgIpc) is 3.49. The van der Waals surface area contributed by atoms with Crippen LogP contribution in [-0.2, 0) is 34.6 Å². The molecule has 0 radical (unpaired) electrons. The highest BCUT2D eigenvalue weighted by Crippen LogP contribution is 2.54. The molecule has 3 N–H and O–H groups in total. The van der Waals surface area contributed by atoms with Gasteiger partial charge in [0, 0.05) is 57.6 Å². The molecular formula is C43H43Cl3N4O12S3-2. The lowest BCUT2D eigenvalue weighted by Gasteiger charge is -2.40. The number of thioether (sulfide) groups is 1. The first-order valence-corrected chi connectivity index (χ1v) is 25.3. The van der Waals surface area contributed by atoms with Crippen molar-refractivity contribution in [2.45, 2.75) is 111 Å². The summed E-state index contributed by atoms with van der Waals surface area (Å²) >= 11 is 21.6. The molecule has 3 amide bonds. The van der Waals surface area contributed by atoms with E-state index in [0.29, 0.717) is 37.7 Å². The molecule has 348 valence electrons. The Morgan fingerprint density at radius 1 is 0.908 bits per heavy atom. The Hall–Kier alpha value is -4.21. The monoisotopic (exact) mass is 1010 g/mol. The molecule has 0 aromatic heterocycles. The van der Waals surface area contributed by atoms with Gasteiger partial charge in [-0.15, -0.1) is 11.8 Å². The summed E-state index contributed by atoms with van der Waals surface area (Å²) in [7, 11) is -11.1. The second-order valence-electron chi connectivity index (χ2n) is 17.8. The van der Waals surface area contributed by atoms with Crippen molar-refractivity contribution >= 4 is 102 Å². The first-order chi connectivity index (χ1) is 30.1. The molecule has 4 aliphatic heterocycles. The fourth-order valence-electron chi connectivity index (χ4n) is 9.19. The van der Waals surface area contributed by atoms with E-state index in [4.69, 9.17) is 39.5 Å². The number of carbonyl (C=O) groups excluding carboxylic acids is 3. The van der Waals surface area contributed by atoms with Gasteiger partial charge in [0.2, 0.25) is 5.91 Å². The summed E-state index contributed by atoms with van der Waals surface area (Å²) in [4.78, 5) is 54.0. The second kappa shape index (κ2) is 17.5. The van der Waals surface area contributed by atoms with Gasteiger partial charge < -0.3 is 29.6 Å². The minimum absolute atomic E-state index is 0.0738. The highest BCUT2D eigenvalue weighted by Gasteiger charge is 2.41. The maximum absolute atomic E-state index is 13.5. The Bertz CT molecular complexity index is 3010. The van der Waals surface area contributed by atoms with Gasteiger partial charge >= 0.3 is 5.97 Å². The molecule has 65 heavy (non-hydrogen) atoms. The lowest BCUT2D eigenvalue weighted by atomic mass is 9.79. The molecule has 22 heteroatoms. The zero-order chi connectivity index (χ0) is 47.9. The molecule has 3 aromatic carbocycles. The normalized spacial score (nSPS) is 19.4. The fraction of sp³-hybridized carbons (Fsp3) is 0.419. The number of anilines is 1. The number of carboxylic acid groups (broad SMARTS) is 1. The summed E-state index contributed by atoms with van der Waals surface area (Å²) in [6.45, 7) is 11.1. The van der Waals surface area contributed by atoms with Crippen LogP contribution in [0.5, 0.6) is 11.5 Å². The molecule has 16 nitrogen and oxygen atoms in total. The summed E-state index contributed by atoms with van der Waals surface area (Å²) in [5.74, 6) is -5.51. The van der Waals surface area contributed by atoms with E-state index in [2.05, 4.69) is 15.6 Å². The van der Waals surface area contributed by atoms with E-state index in [1.165, 1.54) is 24.3 Å². The quantitative estimate of drug-likeness (QED) is 0.0430. The third-order valence-electron chi connectivity index (χ3n) is 11.7. The molecule has 0 bridgehead atoms. The minimum Gasteiger partial charge on any atom is -0.744 e. The van der Waals surface area contributed by atoms with Crippen molar-refractivity contribution in [2.75, 3.05) is 24.2 Å². The lowest BCUT2D eigenvalue weighted by Crippen LogP contribution is -2.39. The molecule has 2 atom stereocenters. The van der Waals surface area contributed by atoms with E-state index < -0.39 is 92.5 Å². The predicted molar refractivity (Wildman–Crippen MR) is 241 cm³/mol. The number of rotatable bonds is 13. The number of carboxylic acids is 1. The maximum atomic E-state index is 13.5. The molecule has 4 heterocycles. The van der Waals surface area contributed by atoms with E-state index in [0.717, 1.165) is 16.7 Å². The number of benzene rings is 3. The van der Waals surface area contributed by atoms with Crippen LogP contribution in [0.2, 0.25) is 15.1 Å². The van der Waals surface area contributed by atoms with E-state index in [-0.39, 0.29) is 78.6 Å². The second-order valence-corrected chi connectivity index (χ2v) is 22.5. The Morgan fingerprint density at radius 2 is 1.54 bits per heavy atom. The Labute approximate surface area is 394 Å². The van der Waals surface area contributed by atoms with Gasteiger partial charge in [-0.3, -0.25) is 24.3 Å². The van der Waals surface area contributed by atoms with E-state index in [9.17, 15) is 50.2 Å². The predicted octanol–water partition coefficient (Wildman–Crippen LogP) is 6.41. The highest BCUT2D eigenvalue weighted by atomic mass is 35.5. The van der Waals surface area contributed by atoms with E-state index in [1.807, 2.05) is 0 Å². The fourth-order valence-corrected chi connectivity index (χ4v) is 12.8. The Kier molecular flexibility index (Phi) is 13.1. The lowest BCUT2D eigenvalue weighted by molar-refractivity contribution is -0.136. The molecule has 3 aromatic rings. The van der Waals surface area contributed by atoms with Crippen molar-refractivity contribution in [1.29, 1.82) is 0 Å². The summed E-state index contributed by atoms with van der Waals surface area (Å²) in [5, 5.41) is 15.0. The van der Waals surface area contributed by atoms with Gasteiger partial charge in [-0.05, 0) is 94.9 Å². The van der Waals surface area contributed by atoms with Crippen LogP contribution in [0.15, 0.2) is 44.0 Å². The number of hydrogen-bond acceptors (Lipinski definition) is 14. The molecule has 4 aliphatic rings. The van der Waals surface area contributed by atoms with Crippen molar-refractivity contribution in [3.63, 3.8) is 0 Å². The topological polar surface area (TPSA) is 252 Å². The third kappa shape index (κ3) is 9.27. The maximum Gasteiger partial charge on any atom is 0.337 e. The average molecular weight is 1010 g/mol. The number of fused-ring (bicyclic) bond motifs is 4. The van der Waals surface area contributed by atoms with Gasteiger partial charge in [-0.25, -0.2) is 21.6 Å². The van der Waals surface area contributed by atoms with Crippen LogP contribution in [-0.4, -0.2) is 89.6 Å². The number of nitrogens with one attached hydrogen (secondary N) is 2. The number of nitrogens with zero attached hydrogens (tertiary/aromatic N) is 2. The summed E-state index contributed by atoms with van der Waals surface area (Å²) in [6.07, 6.45) is 4.84. The summed E-state index contributed by atoms with van der Waals surface area (Å²) in [5.41, 5.74) is -2.67. The SMILES string of the molecule is CC1CC(C)(C)Nc2c1cc1c(c2S(=O)(=O)[O-])Oc2c(S(=O)(=O)[O-])c3c(cc2=C1c1c(Cl)c(SCC(=O)NCCCCCN2C(=O)C=CC2=O)c(Cl)c(Cl)c1C(=O)O)C(C)CC(C)(C)N=3. The van der Waals surface area contributed by atoms with Gasteiger partial charge in [0.15, 0.2) is 11.5 Å². The Morgan fingerprint density at radius 3 is 2.15 bits per heavy atom. The zero-order valence-corrected chi connectivity index (χ0v) is 40.5. The summed E-state index contributed by atoms with van der Waals surface area (Å²) < 4.78 is 87.4. The number of aromatic carboxylic acids is 1. The number of ether oxygens (including phenoxy) is 1. The molecule has 0 aliphatic carbocycles. The standard InChI is InChI=1S/C43H45Cl3N4O12S3/c1-19-16-42(3,4)48-34-21(19)14-23-28(24-15-22-20(2)17-43(5,6)49-35(22)40(65(59,60)61)37(24)62-36(23)39(34)64(56,57)58)29-30(41(54)55)31(44)33(46)38(32(29)45)63-18-25(51)47-12-8-7-9-13-50-26(52)10-11-27(50)53/h10-11,14-15,19-20,48H,7-9,12-13,16-18H2,1-6H3,(H,47,51)(H,54,55)(H,56,57,58)(H,59,60,61)/p-2. The van der Waals surface area contributed by atoms with E-state index in [1.54, 1.807) is 41.5 Å². The zero-order valence-electron chi connectivity index (χ0n) is 35.8. The molecule has 2 unspecified atom stereocenters. The number of amides is 3. The van der Waals surface area contributed by atoms with Crippen molar-refractivity contribution in [1.82, 2.24) is 10.2 Å². The van der Waals surface area contributed by atoms with Crippen molar-refractivity contribution in [3.05, 3.63) is 77.7 Å². The number of hydrogen-bond donors (Lipinski definition) is 3. The number of halogens is 3. The highest BCUT2D eigenvalue weighted by molar-refractivity contribution is 8.00. The Balaban J connectivity index is 1.44. The van der Waals surface area contributed by atoms with Gasteiger partial charge in [-0.2, -0.15) is 0 Å². The third-order valence-corrected chi connectivity index (χ3v) is 16.0. The van der Waals surface area contributed by atoms with Gasteiger partial charge in [0.05, 0.1) is 43.0 Å². The van der Waals surface area contributed by atoms with Crippen LogP contribution in [0.1, 0.15) is 118 Å². The van der Waals surface area contributed by atoms with Gasteiger partial charge in [-0.1, -0.05) is 48.7 Å². The van der Waals surface area contributed by atoms with Crippen LogP contribution in [0.25, 0.3) is 5.57 Å². The van der Waals surface area contributed by atoms with Crippen LogP contribution < -0.4 is 25.9 Å². The van der Waals surface area contributed by atoms with Crippen molar-refractivity contribution < 1.29 is 55.0 Å². The first kappa shape index (κ1) is 48.7. The van der Waals surface area contributed by atoms with Gasteiger partial charge in [0.1, 0.15) is 30.0 Å². The molecule has 0 saturated heterocycles. The molecule has 0 fully saturated rings. The van der Waals surface area contributed by atoms with Crippen molar-refractivity contribution in [3.8, 4) is 11.5 Å². The summed E-state index contributed by atoms with van der Waals surface area (Å²) in [6, 6.07) is 2.99. The largest absolute Gasteiger partial charge is 0.744 e. The van der Waals surface area contributed by atoms with Crippen molar-refractivity contribution in [2.24, 2.45) is 4.99 Å². The van der Waals surface area contributed by atoms with Crippen LogP contribution in [0, 0.1) is 0 Å². The molecular weight excluding hydrogens is 967 g/mol. The molecule has 0 saturated carbocycles. The number of unbranched alkanes of at least 4 members (excludes halogenated alkanes) is 2. The first-order valence-electron chi connectivity index (χ1n) is 20.4. The molecule has 7 rings (SSSR count). The van der Waals surface area contributed by atoms with E-state index >= 15 is 0 Å². The number of imide groups is 1. The number of carbonyl (C=O) groups is 4. The minimum atomic E-state index is -5.56.